The summed E-state index contributed by atoms with van der Waals surface area (Å²) in [4.78, 5) is 11.5. The third-order valence-electron chi connectivity index (χ3n) is 3.08. The van der Waals surface area contributed by atoms with Crippen molar-refractivity contribution in [2.45, 2.75) is 25.9 Å². The number of rotatable bonds is 5. The Morgan fingerprint density at radius 3 is 2.50 bits per heavy atom. The average Bonchev–Trinajstić information content (AvgIpc) is 2.94. The maximum atomic E-state index is 12.5. The van der Waals surface area contributed by atoms with Crippen LogP contribution in [-0.4, -0.2) is 22.8 Å². The average molecular weight is 312 g/mol. The molecule has 2 rings (SSSR count). The number of hydrogen-bond acceptors (Lipinski definition) is 3. The van der Waals surface area contributed by atoms with Crippen LogP contribution in [-0.2, 0) is 23.8 Å². The van der Waals surface area contributed by atoms with E-state index in [0.717, 1.165) is 17.7 Å². The van der Waals surface area contributed by atoms with Gasteiger partial charge in [-0.15, -0.1) is 0 Å². The van der Waals surface area contributed by atoms with E-state index in [2.05, 4.69) is 10.2 Å². The number of aromatic amines is 1. The van der Waals surface area contributed by atoms with Crippen LogP contribution in [0.15, 0.2) is 30.3 Å². The van der Waals surface area contributed by atoms with Crippen LogP contribution in [0.5, 0.6) is 0 Å². The van der Waals surface area contributed by atoms with Gasteiger partial charge in [0, 0.05) is 0 Å². The van der Waals surface area contributed by atoms with Crippen molar-refractivity contribution in [3.05, 3.63) is 52.8 Å². The van der Waals surface area contributed by atoms with Crippen molar-refractivity contribution in [1.29, 1.82) is 0 Å². The van der Waals surface area contributed by atoms with Crippen molar-refractivity contribution in [2.75, 3.05) is 6.61 Å². The van der Waals surface area contributed by atoms with Crippen molar-refractivity contribution >= 4 is 5.97 Å². The van der Waals surface area contributed by atoms with Crippen LogP contribution in [0.25, 0.3) is 0 Å². The van der Waals surface area contributed by atoms with Gasteiger partial charge in [-0.1, -0.05) is 12.1 Å². The number of nitrogens with one attached hydrogen (secondary N) is 1. The molecule has 0 fully saturated rings. The molecule has 0 amide bonds. The van der Waals surface area contributed by atoms with E-state index in [1.807, 2.05) is 0 Å². The van der Waals surface area contributed by atoms with Gasteiger partial charge in [-0.2, -0.15) is 18.3 Å². The van der Waals surface area contributed by atoms with Crippen molar-refractivity contribution in [3.63, 3.8) is 0 Å². The molecular formula is C15H15F3N2O2. The van der Waals surface area contributed by atoms with Gasteiger partial charge in [-0.3, -0.25) is 5.10 Å². The molecule has 1 heterocycles. The second-order valence-corrected chi connectivity index (χ2v) is 4.69. The topological polar surface area (TPSA) is 55.0 Å². The van der Waals surface area contributed by atoms with Crippen LogP contribution >= 0.6 is 0 Å². The molecule has 4 nitrogen and oxygen atoms in total. The Hall–Kier alpha value is -2.31. The number of aromatic nitrogens is 2. The third kappa shape index (κ3) is 4.09. The van der Waals surface area contributed by atoms with E-state index < -0.39 is 17.7 Å². The summed E-state index contributed by atoms with van der Waals surface area (Å²) in [5.41, 5.74) is 1.03. The predicted molar refractivity (Wildman–Crippen MR) is 73.4 cm³/mol. The number of benzene rings is 1. The number of alkyl halides is 3. The normalized spacial score (nSPS) is 11.5. The van der Waals surface area contributed by atoms with E-state index >= 15 is 0 Å². The maximum Gasteiger partial charge on any atom is 0.416 e. The largest absolute Gasteiger partial charge is 0.461 e. The highest BCUT2D eigenvalue weighted by molar-refractivity contribution is 5.87. The second-order valence-electron chi connectivity index (χ2n) is 4.69. The highest BCUT2D eigenvalue weighted by Crippen LogP contribution is 2.29. The van der Waals surface area contributed by atoms with E-state index in [-0.39, 0.29) is 12.3 Å². The van der Waals surface area contributed by atoms with Crippen LogP contribution in [0.1, 0.15) is 34.2 Å². The molecule has 0 saturated heterocycles. The summed E-state index contributed by atoms with van der Waals surface area (Å²) in [5.74, 6) is -0.476. The number of carbonyl (C=O) groups is 1. The smallest absolute Gasteiger partial charge is 0.416 e. The first-order valence-electron chi connectivity index (χ1n) is 6.77. The van der Waals surface area contributed by atoms with Gasteiger partial charge in [0.15, 0.2) is 0 Å². The molecule has 7 heteroatoms. The molecule has 118 valence electrons. The summed E-state index contributed by atoms with van der Waals surface area (Å²) >= 11 is 0. The minimum absolute atomic E-state index is 0.268. The number of hydrogen-bond donors (Lipinski definition) is 1. The summed E-state index contributed by atoms with van der Waals surface area (Å²) in [5, 5.41) is 6.57. The Kier molecular flexibility index (Phi) is 4.85. The van der Waals surface area contributed by atoms with Gasteiger partial charge in [0.25, 0.3) is 0 Å². The predicted octanol–water partition coefficient (Wildman–Crippen LogP) is 3.39. The van der Waals surface area contributed by atoms with E-state index in [0.29, 0.717) is 18.5 Å². The molecule has 0 unspecified atom stereocenters. The van der Waals surface area contributed by atoms with Gasteiger partial charge >= 0.3 is 12.1 Å². The Morgan fingerprint density at radius 2 is 1.91 bits per heavy atom. The van der Waals surface area contributed by atoms with Gasteiger partial charge < -0.3 is 4.74 Å². The quantitative estimate of drug-likeness (QED) is 0.861. The molecule has 22 heavy (non-hydrogen) atoms. The highest BCUT2D eigenvalue weighted by Gasteiger charge is 2.29. The molecule has 1 aromatic carbocycles. The summed E-state index contributed by atoms with van der Waals surface area (Å²) in [6.07, 6.45) is -3.28. The van der Waals surface area contributed by atoms with Crippen molar-refractivity contribution in [2.24, 2.45) is 0 Å². The summed E-state index contributed by atoms with van der Waals surface area (Å²) in [6, 6.07) is 6.60. The molecule has 1 N–H and O–H groups in total. The van der Waals surface area contributed by atoms with Gasteiger partial charge in [0.2, 0.25) is 0 Å². The minimum Gasteiger partial charge on any atom is -0.461 e. The standard InChI is InChI=1S/C15H15F3N2O2/c1-2-22-14(21)13-9-12(19-20-13)8-5-10-3-6-11(7-4-10)15(16,17)18/h3-4,6-7,9H,2,5,8H2,1H3,(H,19,20). The number of esters is 1. The minimum atomic E-state index is -4.32. The Labute approximate surface area is 125 Å². The number of H-pyrrole nitrogens is 1. The molecule has 2 aromatic rings. The lowest BCUT2D eigenvalue weighted by Gasteiger charge is -2.07. The first-order chi connectivity index (χ1) is 10.4. The van der Waals surface area contributed by atoms with E-state index in [9.17, 15) is 18.0 Å². The monoisotopic (exact) mass is 312 g/mol. The molecule has 0 aliphatic carbocycles. The van der Waals surface area contributed by atoms with Crippen LogP contribution in [0.4, 0.5) is 13.2 Å². The fourth-order valence-corrected chi connectivity index (χ4v) is 1.94. The summed E-state index contributed by atoms with van der Waals surface area (Å²) in [7, 11) is 0. The molecule has 1 aromatic heterocycles. The molecule has 0 spiro atoms. The SMILES string of the molecule is CCOC(=O)c1cc(CCc2ccc(C(F)(F)F)cc2)n[nH]1. The Bertz CT molecular complexity index is 633. The Morgan fingerprint density at radius 1 is 1.23 bits per heavy atom. The zero-order chi connectivity index (χ0) is 16.2. The number of ether oxygens (including phenoxy) is 1. The molecule has 0 saturated carbocycles. The van der Waals surface area contributed by atoms with Gasteiger partial charge in [0.1, 0.15) is 5.69 Å². The third-order valence-corrected chi connectivity index (χ3v) is 3.08. The fraction of sp³-hybridized carbons (Fsp3) is 0.333. The molecule has 0 atom stereocenters. The van der Waals surface area contributed by atoms with Crippen LogP contribution in [0, 0.1) is 0 Å². The summed E-state index contributed by atoms with van der Waals surface area (Å²) < 4.78 is 42.2. The van der Waals surface area contributed by atoms with Crippen LogP contribution in [0.3, 0.4) is 0 Å². The molecular weight excluding hydrogens is 297 g/mol. The number of aryl methyl sites for hydroxylation is 2. The van der Waals surface area contributed by atoms with Crippen molar-refractivity contribution in [1.82, 2.24) is 10.2 Å². The zero-order valence-corrected chi connectivity index (χ0v) is 11.9. The van der Waals surface area contributed by atoms with E-state index in [1.54, 1.807) is 13.0 Å². The summed E-state index contributed by atoms with van der Waals surface area (Å²) in [6.45, 7) is 1.98. The first-order valence-corrected chi connectivity index (χ1v) is 6.77. The van der Waals surface area contributed by atoms with Crippen LogP contribution in [0.2, 0.25) is 0 Å². The lowest BCUT2D eigenvalue weighted by molar-refractivity contribution is -0.137. The number of nitrogens with zero attached hydrogens (tertiary/aromatic N) is 1. The number of carbonyl (C=O) groups excluding carboxylic acids is 1. The van der Waals surface area contributed by atoms with E-state index in [1.165, 1.54) is 12.1 Å². The highest BCUT2D eigenvalue weighted by atomic mass is 19.4. The van der Waals surface area contributed by atoms with Gasteiger partial charge in [0.05, 0.1) is 17.9 Å². The van der Waals surface area contributed by atoms with Gasteiger partial charge in [-0.05, 0) is 43.5 Å². The fourth-order valence-electron chi connectivity index (χ4n) is 1.94. The maximum absolute atomic E-state index is 12.5. The zero-order valence-electron chi connectivity index (χ0n) is 11.9. The van der Waals surface area contributed by atoms with Crippen molar-refractivity contribution < 1.29 is 22.7 Å². The lowest BCUT2D eigenvalue weighted by atomic mass is 10.1. The molecule has 0 bridgehead atoms. The molecule has 0 radical (unpaired) electrons. The van der Waals surface area contributed by atoms with E-state index in [4.69, 9.17) is 4.74 Å². The Balaban J connectivity index is 1.94. The number of halogens is 3. The van der Waals surface area contributed by atoms with Gasteiger partial charge in [-0.25, -0.2) is 4.79 Å². The second kappa shape index (κ2) is 6.64. The molecule has 0 aliphatic heterocycles. The molecule has 0 aliphatic rings. The first kappa shape index (κ1) is 16.1. The van der Waals surface area contributed by atoms with Crippen molar-refractivity contribution in [3.8, 4) is 0 Å². The lowest BCUT2D eigenvalue weighted by Crippen LogP contribution is -2.04. The van der Waals surface area contributed by atoms with Crippen LogP contribution < -0.4 is 0 Å².